The summed E-state index contributed by atoms with van der Waals surface area (Å²) < 4.78 is 5.26. The van der Waals surface area contributed by atoms with Gasteiger partial charge in [-0.2, -0.15) is 0 Å². The van der Waals surface area contributed by atoms with Crippen molar-refractivity contribution in [1.29, 1.82) is 0 Å². The maximum Gasteiger partial charge on any atom is 0.194 e. The molecule has 5 nitrogen and oxygen atoms in total. The van der Waals surface area contributed by atoms with E-state index in [-0.39, 0.29) is 6.10 Å². The zero-order valence-electron chi connectivity index (χ0n) is 10.1. The Morgan fingerprint density at radius 1 is 1.59 bits per heavy atom. The Balaban J connectivity index is 1.85. The summed E-state index contributed by atoms with van der Waals surface area (Å²) in [5.74, 6) is 1.76. The van der Waals surface area contributed by atoms with E-state index in [1.807, 2.05) is 12.1 Å². The third kappa shape index (κ3) is 3.23. The Morgan fingerprint density at radius 2 is 2.35 bits per heavy atom. The molecule has 2 heterocycles. The van der Waals surface area contributed by atoms with Crippen molar-refractivity contribution in [2.45, 2.75) is 25.5 Å². The third-order valence-corrected chi connectivity index (χ3v) is 2.98. The largest absolute Gasteiger partial charge is 0.467 e. The van der Waals surface area contributed by atoms with Crippen molar-refractivity contribution in [1.82, 2.24) is 10.2 Å². The van der Waals surface area contributed by atoms with E-state index in [0.717, 1.165) is 37.7 Å². The number of furan rings is 1. The second-order valence-electron chi connectivity index (χ2n) is 4.20. The molecule has 1 aromatic heterocycles. The monoisotopic (exact) mass is 237 g/mol. The Kier molecular flexibility index (Phi) is 4.03. The number of rotatable bonds is 2. The summed E-state index contributed by atoms with van der Waals surface area (Å²) in [5, 5.41) is 12.7. The van der Waals surface area contributed by atoms with Gasteiger partial charge in [-0.3, -0.25) is 4.99 Å². The van der Waals surface area contributed by atoms with Crippen LogP contribution in [0.5, 0.6) is 0 Å². The van der Waals surface area contributed by atoms with Gasteiger partial charge >= 0.3 is 0 Å². The number of likely N-dealkylation sites (tertiary alicyclic amines) is 1. The van der Waals surface area contributed by atoms with Crippen LogP contribution < -0.4 is 5.32 Å². The summed E-state index contributed by atoms with van der Waals surface area (Å²) >= 11 is 0. The molecule has 1 aliphatic heterocycles. The van der Waals surface area contributed by atoms with Gasteiger partial charge in [-0.1, -0.05) is 0 Å². The first-order valence-corrected chi connectivity index (χ1v) is 5.95. The van der Waals surface area contributed by atoms with Gasteiger partial charge in [-0.05, 0) is 25.0 Å². The Hall–Kier alpha value is -1.49. The van der Waals surface area contributed by atoms with Crippen LogP contribution in [0.1, 0.15) is 18.6 Å². The van der Waals surface area contributed by atoms with Crippen LogP contribution in [-0.4, -0.2) is 42.2 Å². The lowest BCUT2D eigenvalue weighted by atomic mass is 10.1. The molecule has 1 aromatic rings. The average molecular weight is 237 g/mol. The Morgan fingerprint density at radius 3 is 2.94 bits per heavy atom. The van der Waals surface area contributed by atoms with Crippen molar-refractivity contribution in [2.24, 2.45) is 4.99 Å². The average Bonchev–Trinajstić information content (AvgIpc) is 2.85. The lowest BCUT2D eigenvalue weighted by molar-refractivity contribution is 0.108. The van der Waals surface area contributed by atoms with Crippen LogP contribution in [0.2, 0.25) is 0 Å². The quantitative estimate of drug-likeness (QED) is 0.590. The highest BCUT2D eigenvalue weighted by atomic mass is 16.3. The van der Waals surface area contributed by atoms with Crippen molar-refractivity contribution in [3.63, 3.8) is 0 Å². The molecule has 0 atom stereocenters. The zero-order chi connectivity index (χ0) is 12.1. The topological polar surface area (TPSA) is 61.0 Å². The van der Waals surface area contributed by atoms with Crippen LogP contribution in [0, 0.1) is 0 Å². The molecule has 0 bridgehead atoms. The van der Waals surface area contributed by atoms with Gasteiger partial charge in [-0.25, -0.2) is 0 Å². The minimum Gasteiger partial charge on any atom is -0.467 e. The smallest absolute Gasteiger partial charge is 0.194 e. The molecule has 0 spiro atoms. The predicted octanol–water partition coefficient (Wildman–Crippen LogP) is 0.812. The molecule has 2 N–H and O–H groups in total. The second kappa shape index (κ2) is 5.72. The fourth-order valence-corrected chi connectivity index (χ4v) is 1.99. The van der Waals surface area contributed by atoms with Gasteiger partial charge in [0.05, 0.1) is 18.9 Å². The van der Waals surface area contributed by atoms with Crippen molar-refractivity contribution in [3.05, 3.63) is 24.2 Å². The summed E-state index contributed by atoms with van der Waals surface area (Å²) in [7, 11) is 1.77. The molecule has 1 fully saturated rings. The van der Waals surface area contributed by atoms with Gasteiger partial charge in [0.1, 0.15) is 5.76 Å². The normalized spacial score (nSPS) is 18.5. The summed E-state index contributed by atoms with van der Waals surface area (Å²) in [6, 6.07) is 3.80. The molecule has 0 aliphatic carbocycles. The molecular formula is C12H19N3O2. The fourth-order valence-electron chi connectivity index (χ4n) is 1.99. The van der Waals surface area contributed by atoms with Crippen LogP contribution in [-0.2, 0) is 6.54 Å². The first-order chi connectivity index (χ1) is 8.29. The van der Waals surface area contributed by atoms with Gasteiger partial charge in [0.15, 0.2) is 5.96 Å². The number of aliphatic imine (C=N–C) groups is 1. The molecule has 0 unspecified atom stereocenters. The van der Waals surface area contributed by atoms with Crippen molar-refractivity contribution >= 4 is 5.96 Å². The first-order valence-electron chi connectivity index (χ1n) is 5.95. The van der Waals surface area contributed by atoms with E-state index < -0.39 is 0 Å². The number of nitrogens with zero attached hydrogens (tertiary/aromatic N) is 2. The van der Waals surface area contributed by atoms with E-state index in [1.165, 1.54) is 0 Å². The molecule has 17 heavy (non-hydrogen) atoms. The molecule has 0 radical (unpaired) electrons. The molecule has 1 aliphatic rings. The lowest BCUT2D eigenvalue weighted by Gasteiger charge is -2.32. The zero-order valence-corrected chi connectivity index (χ0v) is 10.1. The van der Waals surface area contributed by atoms with Crippen LogP contribution >= 0.6 is 0 Å². The van der Waals surface area contributed by atoms with E-state index >= 15 is 0 Å². The summed E-state index contributed by atoms with van der Waals surface area (Å²) in [6.07, 6.45) is 3.12. The minimum absolute atomic E-state index is 0.158. The van der Waals surface area contributed by atoms with Crippen LogP contribution in [0.15, 0.2) is 27.8 Å². The van der Waals surface area contributed by atoms with Gasteiger partial charge in [0.25, 0.3) is 0 Å². The molecule has 0 saturated carbocycles. The summed E-state index contributed by atoms with van der Waals surface area (Å²) in [4.78, 5) is 6.41. The fraction of sp³-hybridized carbons (Fsp3) is 0.583. The number of aliphatic hydroxyl groups is 1. The summed E-state index contributed by atoms with van der Waals surface area (Å²) in [6.45, 7) is 2.33. The van der Waals surface area contributed by atoms with Crippen molar-refractivity contribution in [2.75, 3.05) is 20.1 Å². The van der Waals surface area contributed by atoms with E-state index in [9.17, 15) is 5.11 Å². The lowest BCUT2D eigenvalue weighted by Crippen LogP contribution is -2.46. The second-order valence-corrected chi connectivity index (χ2v) is 4.20. The maximum atomic E-state index is 9.46. The molecule has 94 valence electrons. The number of hydrogen-bond acceptors (Lipinski definition) is 3. The van der Waals surface area contributed by atoms with Crippen molar-refractivity contribution in [3.8, 4) is 0 Å². The highest BCUT2D eigenvalue weighted by molar-refractivity contribution is 5.79. The molecule has 0 amide bonds. The third-order valence-electron chi connectivity index (χ3n) is 2.98. The van der Waals surface area contributed by atoms with Gasteiger partial charge in [-0.15, -0.1) is 0 Å². The highest BCUT2D eigenvalue weighted by Gasteiger charge is 2.19. The van der Waals surface area contributed by atoms with Gasteiger partial charge < -0.3 is 19.7 Å². The van der Waals surface area contributed by atoms with Crippen LogP contribution in [0.25, 0.3) is 0 Å². The predicted molar refractivity (Wildman–Crippen MR) is 65.7 cm³/mol. The number of piperidine rings is 1. The molecule has 2 rings (SSSR count). The molecule has 0 aromatic carbocycles. The van der Waals surface area contributed by atoms with E-state index in [0.29, 0.717) is 6.54 Å². The van der Waals surface area contributed by atoms with Gasteiger partial charge in [0, 0.05) is 20.1 Å². The minimum atomic E-state index is -0.158. The number of nitrogens with one attached hydrogen (secondary N) is 1. The summed E-state index contributed by atoms with van der Waals surface area (Å²) in [5.41, 5.74) is 0. The number of guanidine groups is 1. The Bertz CT molecular complexity index is 354. The highest BCUT2D eigenvalue weighted by Crippen LogP contribution is 2.10. The number of aliphatic hydroxyl groups excluding tert-OH is 1. The van der Waals surface area contributed by atoms with Crippen LogP contribution in [0.3, 0.4) is 0 Å². The SMILES string of the molecule is CN=C(NCc1ccco1)N1CCC(O)CC1. The Labute approximate surface area is 101 Å². The van der Waals surface area contributed by atoms with Crippen molar-refractivity contribution < 1.29 is 9.52 Å². The van der Waals surface area contributed by atoms with E-state index in [2.05, 4.69) is 15.2 Å². The van der Waals surface area contributed by atoms with E-state index in [1.54, 1.807) is 13.3 Å². The number of hydrogen-bond donors (Lipinski definition) is 2. The van der Waals surface area contributed by atoms with E-state index in [4.69, 9.17) is 4.42 Å². The molecule has 5 heteroatoms. The van der Waals surface area contributed by atoms with Gasteiger partial charge in [0.2, 0.25) is 0 Å². The first kappa shape index (κ1) is 12.0. The molecule has 1 saturated heterocycles. The van der Waals surface area contributed by atoms with Crippen LogP contribution in [0.4, 0.5) is 0 Å². The maximum absolute atomic E-state index is 9.46. The molecular weight excluding hydrogens is 218 g/mol. The standard InChI is InChI=1S/C12H19N3O2/c1-13-12(14-9-11-3-2-8-17-11)15-6-4-10(16)5-7-15/h2-3,8,10,16H,4-7,9H2,1H3,(H,13,14).